The lowest BCUT2D eigenvalue weighted by atomic mass is 10.3. The quantitative estimate of drug-likeness (QED) is 0.643. The van der Waals surface area contributed by atoms with Crippen LogP contribution in [0.4, 0.5) is 22.0 Å². The first-order chi connectivity index (χ1) is 12.6. The second-order valence-electron chi connectivity index (χ2n) is 5.36. The molecule has 1 heterocycles. The minimum Gasteiger partial charge on any atom is -0.497 e. The third-order valence-electron chi connectivity index (χ3n) is 3.43. The number of rotatable bonds is 5. The highest BCUT2D eigenvalue weighted by molar-refractivity contribution is 5.99. The topological polar surface area (TPSA) is 98.5 Å². The number of pyridine rings is 1. The number of nitrogen functional groups attached to an aromatic ring is 1. The molecule has 2 amide bonds. The van der Waals surface area contributed by atoms with Gasteiger partial charge in [0.15, 0.2) is 0 Å². The Labute approximate surface area is 150 Å². The van der Waals surface area contributed by atoms with E-state index in [2.05, 4.69) is 15.6 Å². The molecule has 0 aliphatic heterocycles. The Balaban J connectivity index is 1.58. The van der Waals surface area contributed by atoms with E-state index in [9.17, 15) is 4.79 Å². The number of nitrogens with zero attached hydrogens (tertiary/aromatic N) is 1. The number of urea groups is 1. The SMILES string of the molecule is COc1cccc(NC(=O)Nc2ccc(Oc3ccc(N)nc3)cc2)c1. The molecule has 0 spiro atoms. The zero-order valence-corrected chi connectivity index (χ0v) is 14.1. The van der Waals surface area contributed by atoms with Crippen LogP contribution in [0.25, 0.3) is 0 Å². The molecule has 0 radical (unpaired) electrons. The average Bonchev–Trinajstić information content (AvgIpc) is 2.65. The average molecular weight is 350 g/mol. The van der Waals surface area contributed by atoms with Gasteiger partial charge in [-0.15, -0.1) is 0 Å². The molecule has 0 unspecified atom stereocenters. The van der Waals surface area contributed by atoms with E-state index in [1.807, 2.05) is 0 Å². The third-order valence-corrected chi connectivity index (χ3v) is 3.43. The monoisotopic (exact) mass is 350 g/mol. The van der Waals surface area contributed by atoms with Gasteiger partial charge in [-0.05, 0) is 48.5 Å². The fraction of sp³-hybridized carbons (Fsp3) is 0.0526. The highest BCUT2D eigenvalue weighted by Crippen LogP contribution is 2.23. The minimum atomic E-state index is -0.352. The molecule has 3 aromatic rings. The Bertz CT molecular complexity index is 880. The molecule has 0 fully saturated rings. The van der Waals surface area contributed by atoms with Crippen molar-refractivity contribution in [2.24, 2.45) is 0 Å². The summed E-state index contributed by atoms with van der Waals surface area (Å²) in [5, 5.41) is 5.49. The Kier molecular flexibility index (Phi) is 5.19. The third kappa shape index (κ3) is 4.64. The molecule has 4 N–H and O–H groups in total. The minimum absolute atomic E-state index is 0.352. The molecule has 7 heteroatoms. The molecule has 0 saturated heterocycles. The molecule has 26 heavy (non-hydrogen) atoms. The summed E-state index contributed by atoms with van der Waals surface area (Å²) in [5.41, 5.74) is 6.81. The first kappa shape index (κ1) is 17.1. The van der Waals surface area contributed by atoms with Crippen molar-refractivity contribution in [2.45, 2.75) is 0 Å². The Hall–Kier alpha value is -3.74. The standard InChI is InChI=1S/C19H18N4O3/c1-25-16-4-2-3-14(11-16)23-19(24)22-13-5-7-15(8-6-13)26-17-9-10-18(20)21-12-17/h2-12H,1H3,(H2,20,21)(H2,22,23,24). The number of nitrogens with one attached hydrogen (secondary N) is 2. The number of aromatic nitrogens is 1. The molecule has 7 nitrogen and oxygen atoms in total. The van der Waals surface area contributed by atoms with Gasteiger partial charge in [-0.1, -0.05) is 6.07 Å². The Morgan fingerprint density at radius 1 is 0.923 bits per heavy atom. The first-order valence-corrected chi connectivity index (χ1v) is 7.84. The van der Waals surface area contributed by atoms with E-state index < -0.39 is 0 Å². The Morgan fingerprint density at radius 2 is 1.65 bits per heavy atom. The van der Waals surface area contributed by atoms with Crippen LogP contribution in [0.15, 0.2) is 66.9 Å². The predicted octanol–water partition coefficient (Wildman–Crippen LogP) is 4.11. The van der Waals surface area contributed by atoms with E-state index in [0.717, 1.165) is 0 Å². The number of ether oxygens (including phenoxy) is 2. The number of hydrogen-bond acceptors (Lipinski definition) is 5. The van der Waals surface area contributed by atoms with Crippen LogP contribution in [0.3, 0.4) is 0 Å². The van der Waals surface area contributed by atoms with Gasteiger partial charge in [-0.2, -0.15) is 0 Å². The molecule has 2 aromatic carbocycles. The summed E-state index contributed by atoms with van der Waals surface area (Å²) >= 11 is 0. The predicted molar refractivity (Wildman–Crippen MR) is 101 cm³/mol. The van der Waals surface area contributed by atoms with Crippen LogP contribution in [0.1, 0.15) is 0 Å². The van der Waals surface area contributed by atoms with Crippen LogP contribution in [0.2, 0.25) is 0 Å². The smallest absolute Gasteiger partial charge is 0.323 e. The molecule has 0 saturated carbocycles. The fourth-order valence-corrected chi connectivity index (χ4v) is 2.19. The second-order valence-corrected chi connectivity index (χ2v) is 5.36. The number of methoxy groups -OCH3 is 1. The largest absolute Gasteiger partial charge is 0.497 e. The van der Waals surface area contributed by atoms with Gasteiger partial charge in [0, 0.05) is 17.4 Å². The molecule has 0 atom stereocenters. The van der Waals surface area contributed by atoms with Crippen LogP contribution in [0.5, 0.6) is 17.2 Å². The lowest BCUT2D eigenvalue weighted by molar-refractivity contribution is 0.262. The molecule has 0 aliphatic rings. The van der Waals surface area contributed by atoms with Gasteiger partial charge >= 0.3 is 6.03 Å². The van der Waals surface area contributed by atoms with Gasteiger partial charge < -0.3 is 25.8 Å². The van der Waals surface area contributed by atoms with Crippen molar-refractivity contribution in [2.75, 3.05) is 23.5 Å². The van der Waals surface area contributed by atoms with E-state index in [0.29, 0.717) is 34.4 Å². The van der Waals surface area contributed by atoms with E-state index in [1.54, 1.807) is 74.0 Å². The van der Waals surface area contributed by atoms with Gasteiger partial charge in [-0.3, -0.25) is 0 Å². The molecular weight excluding hydrogens is 332 g/mol. The lowest BCUT2D eigenvalue weighted by Gasteiger charge is -2.10. The van der Waals surface area contributed by atoms with Gasteiger partial charge in [0.05, 0.1) is 13.3 Å². The van der Waals surface area contributed by atoms with Crippen LogP contribution in [-0.4, -0.2) is 18.1 Å². The van der Waals surface area contributed by atoms with Crippen LogP contribution in [-0.2, 0) is 0 Å². The van der Waals surface area contributed by atoms with Crippen molar-refractivity contribution < 1.29 is 14.3 Å². The highest BCUT2D eigenvalue weighted by atomic mass is 16.5. The molecule has 132 valence electrons. The van der Waals surface area contributed by atoms with Crippen LogP contribution >= 0.6 is 0 Å². The number of carbonyl (C=O) groups excluding carboxylic acids is 1. The van der Waals surface area contributed by atoms with Crippen molar-refractivity contribution in [3.63, 3.8) is 0 Å². The molecule has 3 rings (SSSR count). The summed E-state index contributed by atoms with van der Waals surface area (Å²) in [6, 6.07) is 17.1. The number of benzene rings is 2. The summed E-state index contributed by atoms with van der Waals surface area (Å²) in [7, 11) is 1.57. The number of carbonyl (C=O) groups is 1. The molecule has 0 bridgehead atoms. The summed E-state index contributed by atoms with van der Waals surface area (Å²) in [4.78, 5) is 16.0. The summed E-state index contributed by atoms with van der Waals surface area (Å²) in [6.45, 7) is 0. The highest BCUT2D eigenvalue weighted by Gasteiger charge is 2.04. The van der Waals surface area contributed by atoms with E-state index in [-0.39, 0.29) is 6.03 Å². The zero-order chi connectivity index (χ0) is 18.4. The first-order valence-electron chi connectivity index (χ1n) is 7.84. The second kappa shape index (κ2) is 7.89. The molecule has 0 aliphatic carbocycles. The van der Waals surface area contributed by atoms with Crippen molar-refractivity contribution >= 4 is 23.2 Å². The maximum Gasteiger partial charge on any atom is 0.323 e. The van der Waals surface area contributed by atoms with Gasteiger partial charge in [0.2, 0.25) is 0 Å². The van der Waals surface area contributed by atoms with Crippen molar-refractivity contribution in [1.29, 1.82) is 0 Å². The van der Waals surface area contributed by atoms with E-state index in [1.165, 1.54) is 0 Å². The molecule has 1 aromatic heterocycles. The summed E-state index contributed by atoms with van der Waals surface area (Å²) in [6.07, 6.45) is 1.54. The number of nitrogens with two attached hydrogens (primary N) is 1. The fourth-order valence-electron chi connectivity index (χ4n) is 2.19. The normalized spacial score (nSPS) is 10.0. The van der Waals surface area contributed by atoms with Crippen molar-refractivity contribution in [1.82, 2.24) is 4.98 Å². The Morgan fingerprint density at radius 3 is 2.35 bits per heavy atom. The van der Waals surface area contributed by atoms with Crippen molar-refractivity contribution in [3.8, 4) is 17.2 Å². The van der Waals surface area contributed by atoms with Crippen LogP contribution in [0, 0.1) is 0 Å². The van der Waals surface area contributed by atoms with Gasteiger partial charge in [0.25, 0.3) is 0 Å². The van der Waals surface area contributed by atoms with Crippen LogP contribution < -0.4 is 25.8 Å². The zero-order valence-electron chi connectivity index (χ0n) is 14.1. The molecular formula is C19H18N4O3. The number of anilines is 3. The van der Waals surface area contributed by atoms with Gasteiger partial charge in [-0.25, -0.2) is 9.78 Å². The van der Waals surface area contributed by atoms with E-state index in [4.69, 9.17) is 15.2 Å². The van der Waals surface area contributed by atoms with Crippen molar-refractivity contribution in [3.05, 3.63) is 66.9 Å². The summed E-state index contributed by atoms with van der Waals surface area (Å²) < 4.78 is 10.8. The maximum absolute atomic E-state index is 12.1. The maximum atomic E-state index is 12.1. The number of amides is 2. The lowest BCUT2D eigenvalue weighted by Crippen LogP contribution is -2.19. The summed E-state index contributed by atoms with van der Waals surface area (Å²) in [5.74, 6) is 2.30. The number of hydrogen-bond donors (Lipinski definition) is 3. The van der Waals surface area contributed by atoms with E-state index >= 15 is 0 Å². The van der Waals surface area contributed by atoms with Gasteiger partial charge in [0.1, 0.15) is 23.1 Å².